The Morgan fingerprint density at radius 3 is 1.93 bits per heavy atom. The molecule has 0 atom stereocenters. The van der Waals surface area contributed by atoms with Crippen molar-refractivity contribution in [2.45, 2.75) is 64.0 Å². The van der Waals surface area contributed by atoms with E-state index in [1.165, 1.54) is 38.5 Å². The molecule has 2 N–H and O–H groups in total. The Labute approximate surface area is 87.1 Å². The zero-order valence-corrected chi connectivity index (χ0v) is 9.47. The van der Waals surface area contributed by atoms with Crippen molar-refractivity contribution in [1.82, 2.24) is 5.32 Å². The normalized spacial score (nSPS) is 42.0. The Balaban J connectivity index is 2.01. The lowest BCUT2D eigenvalue weighted by atomic mass is 9.57. The zero-order valence-electron chi connectivity index (χ0n) is 9.47. The van der Waals surface area contributed by atoms with Crippen molar-refractivity contribution < 1.29 is 5.11 Å². The summed E-state index contributed by atoms with van der Waals surface area (Å²) in [7, 11) is 0. The van der Waals surface area contributed by atoms with Gasteiger partial charge in [0.15, 0.2) is 0 Å². The molecule has 0 amide bonds. The second kappa shape index (κ2) is 3.49. The maximum atomic E-state index is 9.41. The van der Waals surface area contributed by atoms with Crippen LogP contribution in [0.4, 0.5) is 0 Å². The lowest BCUT2D eigenvalue weighted by Gasteiger charge is -2.54. The molecular formula is C12H23NO. The zero-order chi connectivity index (χ0) is 10.2. The van der Waals surface area contributed by atoms with Crippen LogP contribution < -0.4 is 5.32 Å². The van der Waals surface area contributed by atoms with Gasteiger partial charge in [-0.2, -0.15) is 0 Å². The van der Waals surface area contributed by atoms with Crippen LogP contribution in [0.5, 0.6) is 0 Å². The van der Waals surface area contributed by atoms with E-state index in [0.29, 0.717) is 23.6 Å². The molecule has 0 aliphatic heterocycles. The van der Waals surface area contributed by atoms with Crippen LogP contribution in [0.2, 0.25) is 0 Å². The van der Waals surface area contributed by atoms with E-state index in [1.807, 2.05) is 0 Å². The van der Waals surface area contributed by atoms with Crippen LogP contribution in [-0.4, -0.2) is 23.3 Å². The molecule has 0 spiro atoms. The largest absolute Gasteiger partial charge is 0.396 e. The molecule has 0 unspecified atom stereocenters. The first-order valence-electron chi connectivity index (χ1n) is 5.98. The van der Waals surface area contributed by atoms with Crippen molar-refractivity contribution in [2.24, 2.45) is 5.41 Å². The van der Waals surface area contributed by atoms with Gasteiger partial charge in [-0.3, -0.25) is 0 Å². The van der Waals surface area contributed by atoms with E-state index in [1.54, 1.807) is 0 Å². The van der Waals surface area contributed by atoms with E-state index < -0.39 is 0 Å². The molecule has 2 bridgehead atoms. The molecule has 0 aromatic carbocycles. The Hall–Kier alpha value is -0.0800. The Kier molecular flexibility index (Phi) is 2.61. The van der Waals surface area contributed by atoms with Gasteiger partial charge in [-0.1, -0.05) is 13.8 Å². The molecule has 0 saturated heterocycles. The average molecular weight is 197 g/mol. The van der Waals surface area contributed by atoms with Crippen LogP contribution in [0, 0.1) is 5.41 Å². The summed E-state index contributed by atoms with van der Waals surface area (Å²) in [5.74, 6) is 0. The highest BCUT2D eigenvalue weighted by Gasteiger charge is 2.48. The first kappa shape index (κ1) is 10.4. The van der Waals surface area contributed by atoms with E-state index in [9.17, 15) is 5.11 Å². The first-order valence-corrected chi connectivity index (χ1v) is 5.98. The number of hydrogen-bond acceptors (Lipinski definition) is 2. The number of hydrogen-bond donors (Lipinski definition) is 2. The standard InChI is InChI=1S/C12H23NO/c1-10(2)13-12-6-3-11(9-14,4-7-12)5-8-12/h10,13-14H,3-9H2,1-2H3. The Bertz CT molecular complexity index is 188. The molecule has 0 heterocycles. The van der Waals surface area contributed by atoms with E-state index in [0.717, 1.165) is 0 Å². The summed E-state index contributed by atoms with van der Waals surface area (Å²) in [6, 6.07) is 0.592. The molecule has 0 aromatic heterocycles. The maximum absolute atomic E-state index is 9.41. The number of fused-ring (bicyclic) bond motifs is 3. The van der Waals surface area contributed by atoms with Gasteiger partial charge in [0, 0.05) is 18.2 Å². The Morgan fingerprint density at radius 1 is 1.07 bits per heavy atom. The van der Waals surface area contributed by atoms with Crippen molar-refractivity contribution in [3.05, 3.63) is 0 Å². The van der Waals surface area contributed by atoms with Gasteiger partial charge < -0.3 is 10.4 Å². The SMILES string of the molecule is CC(C)NC12CCC(CO)(CC1)CC2. The molecular weight excluding hydrogens is 174 g/mol. The van der Waals surface area contributed by atoms with Gasteiger partial charge in [-0.15, -0.1) is 0 Å². The van der Waals surface area contributed by atoms with Crippen LogP contribution in [0.15, 0.2) is 0 Å². The summed E-state index contributed by atoms with van der Waals surface area (Å²) < 4.78 is 0. The lowest BCUT2D eigenvalue weighted by Crippen LogP contribution is -2.57. The maximum Gasteiger partial charge on any atom is 0.0487 e. The smallest absolute Gasteiger partial charge is 0.0487 e. The van der Waals surface area contributed by atoms with Gasteiger partial charge in [0.1, 0.15) is 0 Å². The van der Waals surface area contributed by atoms with Crippen LogP contribution in [0.1, 0.15) is 52.4 Å². The minimum absolute atomic E-state index is 0.306. The first-order chi connectivity index (χ1) is 6.60. The van der Waals surface area contributed by atoms with Gasteiger partial charge >= 0.3 is 0 Å². The monoisotopic (exact) mass is 197 g/mol. The van der Waals surface area contributed by atoms with Crippen LogP contribution >= 0.6 is 0 Å². The second-order valence-corrected chi connectivity index (χ2v) is 5.74. The quantitative estimate of drug-likeness (QED) is 0.726. The van der Waals surface area contributed by atoms with E-state index >= 15 is 0 Å². The minimum Gasteiger partial charge on any atom is -0.396 e. The summed E-state index contributed by atoms with van der Waals surface area (Å²) in [4.78, 5) is 0. The predicted octanol–water partition coefficient (Wildman–Crippen LogP) is 2.07. The highest BCUT2D eigenvalue weighted by molar-refractivity contribution is 5.04. The molecule has 0 radical (unpaired) electrons. The summed E-state index contributed by atoms with van der Waals surface area (Å²) >= 11 is 0. The number of nitrogens with one attached hydrogen (secondary N) is 1. The molecule has 82 valence electrons. The molecule has 3 aliphatic carbocycles. The molecule has 0 aromatic rings. The van der Waals surface area contributed by atoms with Crippen LogP contribution in [0.25, 0.3) is 0 Å². The topological polar surface area (TPSA) is 32.3 Å². The molecule has 14 heavy (non-hydrogen) atoms. The summed E-state index contributed by atoms with van der Waals surface area (Å²) in [5, 5.41) is 13.2. The highest BCUT2D eigenvalue weighted by Crippen LogP contribution is 2.52. The van der Waals surface area contributed by atoms with Crippen molar-refractivity contribution >= 4 is 0 Å². The number of rotatable bonds is 3. The summed E-state index contributed by atoms with van der Waals surface area (Å²) in [6.07, 6.45) is 7.48. The van der Waals surface area contributed by atoms with Crippen molar-refractivity contribution in [3.8, 4) is 0 Å². The van der Waals surface area contributed by atoms with Crippen molar-refractivity contribution in [1.29, 1.82) is 0 Å². The van der Waals surface area contributed by atoms with Crippen LogP contribution in [0.3, 0.4) is 0 Å². The fourth-order valence-electron chi connectivity index (χ4n) is 3.33. The third-order valence-corrected chi connectivity index (χ3v) is 4.33. The van der Waals surface area contributed by atoms with E-state index in [-0.39, 0.29) is 0 Å². The Morgan fingerprint density at radius 2 is 1.57 bits per heavy atom. The molecule has 3 fully saturated rings. The summed E-state index contributed by atoms with van der Waals surface area (Å²) in [5.41, 5.74) is 0.728. The van der Waals surface area contributed by atoms with Crippen LogP contribution in [-0.2, 0) is 0 Å². The third kappa shape index (κ3) is 1.70. The van der Waals surface area contributed by atoms with Gasteiger partial charge in [-0.25, -0.2) is 0 Å². The third-order valence-electron chi connectivity index (χ3n) is 4.33. The van der Waals surface area contributed by atoms with Gasteiger partial charge in [0.2, 0.25) is 0 Å². The highest BCUT2D eigenvalue weighted by atomic mass is 16.3. The average Bonchev–Trinajstić information content (AvgIpc) is 2.19. The number of aliphatic hydroxyl groups is 1. The van der Waals surface area contributed by atoms with Gasteiger partial charge in [0.25, 0.3) is 0 Å². The van der Waals surface area contributed by atoms with Gasteiger partial charge in [-0.05, 0) is 43.9 Å². The minimum atomic E-state index is 0.306. The predicted molar refractivity (Wildman–Crippen MR) is 58.2 cm³/mol. The molecule has 3 aliphatic rings. The van der Waals surface area contributed by atoms with E-state index in [4.69, 9.17) is 0 Å². The van der Waals surface area contributed by atoms with Crippen molar-refractivity contribution in [2.75, 3.05) is 6.61 Å². The number of aliphatic hydroxyl groups excluding tert-OH is 1. The summed E-state index contributed by atoms with van der Waals surface area (Å²) in [6.45, 7) is 4.87. The molecule has 2 nitrogen and oxygen atoms in total. The molecule has 3 rings (SSSR count). The second-order valence-electron chi connectivity index (χ2n) is 5.74. The fraction of sp³-hybridized carbons (Fsp3) is 1.00. The van der Waals surface area contributed by atoms with E-state index in [2.05, 4.69) is 19.2 Å². The lowest BCUT2D eigenvalue weighted by molar-refractivity contribution is -0.0200. The van der Waals surface area contributed by atoms with Crippen molar-refractivity contribution in [3.63, 3.8) is 0 Å². The van der Waals surface area contributed by atoms with Gasteiger partial charge in [0.05, 0.1) is 0 Å². The molecule has 2 heteroatoms. The fourth-order valence-corrected chi connectivity index (χ4v) is 3.33. The molecule has 3 saturated carbocycles.